The summed E-state index contributed by atoms with van der Waals surface area (Å²) in [7, 11) is -1.94. The molecule has 2 aromatic heterocycles. The van der Waals surface area contributed by atoms with E-state index in [1.165, 1.54) is 4.31 Å². The predicted molar refractivity (Wildman–Crippen MR) is 81.6 cm³/mol. The summed E-state index contributed by atoms with van der Waals surface area (Å²) in [6.07, 6.45) is 3.75. The van der Waals surface area contributed by atoms with Crippen LogP contribution in [0.3, 0.4) is 0 Å². The summed E-state index contributed by atoms with van der Waals surface area (Å²) in [5.74, 6) is 0. The second-order valence-electron chi connectivity index (χ2n) is 5.36. The second kappa shape index (κ2) is 5.57. The van der Waals surface area contributed by atoms with Crippen molar-refractivity contribution in [2.45, 2.75) is 36.9 Å². The van der Waals surface area contributed by atoms with Gasteiger partial charge in [-0.05, 0) is 41.3 Å². The average Bonchev–Trinajstić information content (AvgIpc) is 3.00. The van der Waals surface area contributed by atoms with Gasteiger partial charge in [-0.3, -0.25) is 0 Å². The Hall–Kier alpha value is -1.15. The van der Waals surface area contributed by atoms with E-state index in [1.807, 2.05) is 21.4 Å². The lowest BCUT2D eigenvalue weighted by molar-refractivity contribution is 0.270. The second-order valence-corrected chi connectivity index (χ2v) is 8.18. The maximum atomic E-state index is 12.6. The number of aliphatic hydroxyl groups is 1. The topological polar surface area (TPSA) is 62.5 Å². The van der Waals surface area contributed by atoms with E-state index in [-0.39, 0.29) is 11.5 Å². The fourth-order valence-corrected chi connectivity index (χ4v) is 4.23. The number of thiophene rings is 1. The van der Waals surface area contributed by atoms with Crippen molar-refractivity contribution >= 4 is 21.4 Å². The van der Waals surface area contributed by atoms with Gasteiger partial charge >= 0.3 is 0 Å². The molecule has 21 heavy (non-hydrogen) atoms. The molecule has 0 aliphatic heterocycles. The van der Waals surface area contributed by atoms with E-state index in [2.05, 4.69) is 0 Å². The van der Waals surface area contributed by atoms with E-state index in [0.29, 0.717) is 18.3 Å². The standard InChI is InChI=1S/C14H18N2O3S2/c1-15(7-11-4-5-20-10-11)21(18,19)14-6-13(9-17)16(8-14)12-2-3-12/h4-6,8,10,12,17H,2-3,7,9H2,1H3. The third-order valence-corrected chi connectivity index (χ3v) is 6.20. The summed E-state index contributed by atoms with van der Waals surface area (Å²) < 4.78 is 28.5. The molecule has 3 rings (SSSR count). The van der Waals surface area contributed by atoms with Crippen LogP contribution in [0, 0.1) is 0 Å². The minimum Gasteiger partial charge on any atom is -0.390 e. The van der Waals surface area contributed by atoms with Crippen LogP contribution in [0.2, 0.25) is 0 Å². The Morgan fingerprint density at radius 2 is 2.24 bits per heavy atom. The molecular formula is C14H18N2O3S2. The molecule has 7 heteroatoms. The number of rotatable bonds is 6. The minimum absolute atomic E-state index is 0.139. The Morgan fingerprint density at radius 3 is 2.81 bits per heavy atom. The van der Waals surface area contributed by atoms with E-state index in [0.717, 1.165) is 18.4 Å². The predicted octanol–water partition coefficient (Wildman–Crippen LogP) is 2.20. The number of hydrogen-bond acceptors (Lipinski definition) is 4. The molecule has 0 saturated heterocycles. The van der Waals surface area contributed by atoms with Crippen LogP contribution in [0.15, 0.2) is 34.0 Å². The number of hydrogen-bond donors (Lipinski definition) is 1. The van der Waals surface area contributed by atoms with Crippen LogP contribution in [-0.2, 0) is 23.2 Å². The van der Waals surface area contributed by atoms with Crippen LogP contribution in [0.4, 0.5) is 0 Å². The molecule has 1 aliphatic rings. The largest absolute Gasteiger partial charge is 0.390 e. The molecule has 0 bridgehead atoms. The zero-order chi connectivity index (χ0) is 15.0. The summed E-state index contributed by atoms with van der Waals surface area (Å²) in [5.41, 5.74) is 1.65. The van der Waals surface area contributed by atoms with E-state index in [4.69, 9.17) is 0 Å². The minimum atomic E-state index is -3.53. The smallest absolute Gasteiger partial charge is 0.244 e. The van der Waals surface area contributed by atoms with Crippen molar-refractivity contribution in [2.75, 3.05) is 7.05 Å². The fraction of sp³-hybridized carbons (Fsp3) is 0.429. The first-order valence-electron chi connectivity index (χ1n) is 6.81. The molecule has 1 saturated carbocycles. The highest BCUT2D eigenvalue weighted by molar-refractivity contribution is 7.89. The average molecular weight is 326 g/mol. The van der Waals surface area contributed by atoms with E-state index < -0.39 is 10.0 Å². The normalized spacial score (nSPS) is 15.8. The summed E-state index contributed by atoms with van der Waals surface area (Å²) in [6, 6.07) is 3.85. The van der Waals surface area contributed by atoms with Gasteiger partial charge in [-0.25, -0.2) is 8.42 Å². The van der Waals surface area contributed by atoms with Crippen molar-refractivity contribution in [3.05, 3.63) is 40.3 Å². The van der Waals surface area contributed by atoms with Crippen LogP contribution in [0.1, 0.15) is 30.1 Å². The summed E-state index contributed by atoms with van der Waals surface area (Å²) in [4.78, 5) is 0.260. The molecular weight excluding hydrogens is 308 g/mol. The fourth-order valence-electron chi connectivity index (χ4n) is 2.36. The van der Waals surface area contributed by atoms with Gasteiger partial charge in [0.15, 0.2) is 0 Å². The van der Waals surface area contributed by atoms with Crippen molar-refractivity contribution in [1.82, 2.24) is 8.87 Å². The molecule has 2 aromatic rings. The molecule has 1 aliphatic carbocycles. The van der Waals surface area contributed by atoms with Crippen molar-refractivity contribution in [3.8, 4) is 0 Å². The first-order valence-corrected chi connectivity index (χ1v) is 9.19. The third-order valence-electron chi connectivity index (χ3n) is 3.70. The molecule has 1 N–H and O–H groups in total. The highest BCUT2D eigenvalue weighted by Crippen LogP contribution is 2.37. The van der Waals surface area contributed by atoms with Crippen LogP contribution in [-0.4, -0.2) is 29.4 Å². The lowest BCUT2D eigenvalue weighted by Gasteiger charge is -2.15. The highest BCUT2D eigenvalue weighted by atomic mass is 32.2. The molecule has 0 atom stereocenters. The van der Waals surface area contributed by atoms with Gasteiger partial charge in [-0.15, -0.1) is 0 Å². The quantitative estimate of drug-likeness (QED) is 0.885. The van der Waals surface area contributed by atoms with Crippen molar-refractivity contribution in [2.24, 2.45) is 0 Å². The first-order chi connectivity index (χ1) is 10.0. The lowest BCUT2D eigenvalue weighted by Crippen LogP contribution is -2.26. The molecule has 5 nitrogen and oxygen atoms in total. The number of aliphatic hydroxyl groups excluding tert-OH is 1. The van der Waals surface area contributed by atoms with E-state index in [9.17, 15) is 13.5 Å². The molecule has 114 valence electrons. The van der Waals surface area contributed by atoms with Crippen molar-refractivity contribution < 1.29 is 13.5 Å². The molecule has 0 unspecified atom stereocenters. The van der Waals surface area contributed by atoms with Crippen LogP contribution in [0.5, 0.6) is 0 Å². The molecule has 0 aromatic carbocycles. The SMILES string of the molecule is CN(Cc1ccsc1)S(=O)(=O)c1cc(CO)n(C2CC2)c1. The van der Waals surface area contributed by atoms with Gasteiger partial charge in [0.1, 0.15) is 4.90 Å². The molecule has 1 fully saturated rings. The van der Waals surface area contributed by atoms with Gasteiger partial charge in [0.05, 0.1) is 6.61 Å². The van der Waals surface area contributed by atoms with Crippen LogP contribution >= 0.6 is 11.3 Å². The number of sulfonamides is 1. The Morgan fingerprint density at radius 1 is 1.48 bits per heavy atom. The monoisotopic (exact) mass is 326 g/mol. The van der Waals surface area contributed by atoms with Crippen molar-refractivity contribution in [1.29, 1.82) is 0 Å². The maximum absolute atomic E-state index is 12.6. The van der Waals surface area contributed by atoms with Gasteiger partial charge in [0, 0.05) is 31.5 Å². The van der Waals surface area contributed by atoms with Gasteiger partial charge in [0.2, 0.25) is 10.0 Å². The van der Waals surface area contributed by atoms with Gasteiger partial charge in [-0.1, -0.05) is 0 Å². The van der Waals surface area contributed by atoms with Gasteiger partial charge < -0.3 is 9.67 Å². The number of nitrogens with zero attached hydrogens (tertiary/aromatic N) is 2. The Bertz CT molecular complexity index is 715. The Kier molecular flexibility index (Phi) is 3.92. The van der Waals surface area contributed by atoms with E-state index >= 15 is 0 Å². The Balaban J connectivity index is 1.87. The molecule has 2 heterocycles. The molecule has 0 spiro atoms. The zero-order valence-corrected chi connectivity index (χ0v) is 13.4. The first kappa shape index (κ1) is 14.8. The number of aromatic nitrogens is 1. The van der Waals surface area contributed by atoms with Crippen molar-refractivity contribution in [3.63, 3.8) is 0 Å². The zero-order valence-electron chi connectivity index (χ0n) is 11.8. The van der Waals surface area contributed by atoms with Crippen LogP contribution in [0.25, 0.3) is 0 Å². The molecule has 0 amide bonds. The van der Waals surface area contributed by atoms with Gasteiger partial charge in [-0.2, -0.15) is 15.6 Å². The summed E-state index contributed by atoms with van der Waals surface area (Å²) in [5, 5.41) is 13.3. The molecule has 0 radical (unpaired) electrons. The summed E-state index contributed by atoms with van der Waals surface area (Å²) >= 11 is 1.55. The maximum Gasteiger partial charge on any atom is 0.244 e. The highest BCUT2D eigenvalue weighted by Gasteiger charge is 2.29. The summed E-state index contributed by atoms with van der Waals surface area (Å²) in [6.45, 7) is 0.217. The van der Waals surface area contributed by atoms with Gasteiger partial charge in [0.25, 0.3) is 0 Å². The third kappa shape index (κ3) is 2.91. The van der Waals surface area contributed by atoms with Crippen LogP contribution < -0.4 is 0 Å². The Labute approximate surface area is 128 Å². The van der Waals surface area contributed by atoms with E-state index in [1.54, 1.807) is 30.6 Å². The lowest BCUT2D eigenvalue weighted by atomic mass is 10.3.